The maximum Gasteiger partial charge on any atom is 0.285 e. The van der Waals surface area contributed by atoms with Crippen molar-refractivity contribution in [1.29, 1.82) is 0 Å². The Morgan fingerprint density at radius 2 is 1.95 bits per heavy atom. The second kappa shape index (κ2) is 6.07. The summed E-state index contributed by atoms with van der Waals surface area (Å²) in [5.74, 6) is -0.169. The van der Waals surface area contributed by atoms with E-state index in [9.17, 15) is 19.7 Å². The van der Waals surface area contributed by atoms with Crippen molar-refractivity contribution < 1.29 is 9.72 Å². The van der Waals surface area contributed by atoms with Gasteiger partial charge in [0.2, 0.25) is 5.91 Å². The molecule has 1 fully saturated rings. The van der Waals surface area contributed by atoms with Crippen LogP contribution in [0.4, 0.5) is 5.69 Å². The fourth-order valence-electron chi connectivity index (χ4n) is 2.89. The van der Waals surface area contributed by atoms with E-state index >= 15 is 0 Å². The summed E-state index contributed by atoms with van der Waals surface area (Å²) < 4.78 is 1.11. The minimum atomic E-state index is -0.577. The molecule has 1 amide bonds. The summed E-state index contributed by atoms with van der Waals surface area (Å²) in [6, 6.07) is 2.54. The lowest BCUT2D eigenvalue weighted by atomic mass is 9.97. The monoisotopic (exact) mass is 293 g/mol. The molecule has 0 radical (unpaired) electrons. The van der Waals surface area contributed by atoms with Crippen molar-refractivity contribution in [1.82, 2.24) is 9.47 Å². The number of nitrogens with zero attached hydrogens (tertiary/aromatic N) is 3. The predicted octanol–water partition coefficient (Wildman–Crippen LogP) is 1.55. The molecule has 114 valence electrons. The highest BCUT2D eigenvalue weighted by atomic mass is 16.6. The highest BCUT2D eigenvalue weighted by molar-refractivity contribution is 5.76. The van der Waals surface area contributed by atoms with E-state index in [1.165, 1.54) is 0 Å². The third-order valence-electron chi connectivity index (χ3n) is 3.97. The van der Waals surface area contributed by atoms with Crippen LogP contribution < -0.4 is 5.56 Å². The van der Waals surface area contributed by atoms with Crippen molar-refractivity contribution in [2.24, 2.45) is 0 Å². The van der Waals surface area contributed by atoms with Crippen LogP contribution in [0.15, 0.2) is 23.1 Å². The van der Waals surface area contributed by atoms with E-state index in [-0.39, 0.29) is 30.2 Å². The number of nitro groups is 1. The molecular formula is C14H19N3O4. The fourth-order valence-corrected chi connectivity index (χ4v) is 2.89. The molecule has 0 bridgehead atoms. The highest BCUT2D eigenvalue weighted by Crippen LogP contribution is 2.22. The number of hydrogen-bond acceptors (Lipinski definition) is 4. The first kappa shape index (κ1) is 15.2. The zero-order valence-electron chi connectivity index (χ0n) is 12.2. The van der Waals surface area contributed by atoms with Gasteiger partial charge in [-0.15, -0.1) is 0 Å². The first-order valence-electron chi connectivity index (χ1n) is 7.06. The van der Waals surface area contributed by atoms with Gasteiger partial charge in [-0.05, 0) is 33.1 Å². The third kappa shape index (κ3) is 3.29. The largest absolute Gasteiger partial charge is 0.336 e. The van der Waals surface area contributed by atoms with Crippen LogP contribution in [0.25, 0.3) is 0 Å². The van der Waals surface area contributed by atoms with Crippen LogP contribution in [-0.2, 0) is 11.3 Å². The van der Waals surface area contributed by atoms with Crippen LogP contribution in [0, 0.1) is 10.1 Å². The minimum Gasteiger partial charge on any atom is -0.336 e. The second-order valence-electron chi connectivity index (χ2n) is 5.54. The highest BCUT2D eigenvalue weighted by Gasteiger charge is 2.29. The molecule has 0 unspecified atom stereocenters. The molecule has 21 heavy (non-hydrogen) atoms. The van der Waals surface area contributed by atoms with E-state index < -0.39 is 10.5 Å². The molecule has 0 aliphatic carbocycles. The van der Waals surface area contributed by atoms with Crippen LogP contribution in [0.1, 0.15) is 33.1 Å². The molecule has 2 rings (SSSR count). The van der Waals surface area contributed by atoms with Crippen molar-refractivity contribution in [3.8, 4) is 0 Å². The Bertz CT molecular complexity index is 600. The number of piperidine rings is 1. The SMILES string of the molecule is C[C@H]1CCC[C@H](C)N1C(=O)Cn1cc([N+](=O)[O-])ccc1=O. The van der Waals surface area contributed by atoms with Crippen LogP contribution in [0.5, 0.6) is 0 Å². The Kier molecular flexibility index (Phi) is 4.40. The van der Waals surface area contributed by atoms with Crippen molar-refractivity contribution in [3.05, 3.63) is 38.8 Å². The topological polar surface area (TPSA) is 85.4 Å². The first-order chi connectivity index (χ1) is 9.90. The molecule has 1 aliphatic heterocycles. The van der Waals surface area contributed by atoms with Gasteiger partial charge in [0.25, 0.3) is 11.2 Å². The molecule has 2 heterocycles. The van der Waals surface area contributed by atoms with E-state index in [0.29, 0.717) is 0 Å². The standard InChI is InChI=1S/C14H19N3O4/c1-10-4-3-5-11(2)16(10)14(19)9-15-8-12(17(20)21)6-7-13(15)18/h6-8,10-11H,3-5,9H2,1-2H3/t10-,11-/m0/s1. The quantitative estimate of drug-likeness (QED) is 0.625. The second-order valence-corrected chi connectivity index (χ2v) is 5.54. The lowest BCUT2D eigenvalue weighted by Crippen LogP contribution is -2.49. The number of rotatable bonds is 3. The summed E-state index contributed by atoms with van der Waals surface area (Å²) in [5.41, 5.74) is -0.603. The average Bonchev–Trinajstić information content (AvgIpc) is 2.40. The number of pyridine rings is 1. The van der Waals surface area contributed by atoms with Gasteiger partial charge >= 0.3 is 0 Å². The van der Waals surface area contributed by atoms with Crippen LogP contribution in [-0.4, -0.2) is 32.4 Å². The van der Waals surface area contributed by atoms with Gasteiger partial charge in [-0.1, -0.05) is 0 Å². The van der Waals surface area contributed by atoms with Crippen molar-refractivity contribution in [2.45, 2.75) is 51.7 Å². The summed E-state index contributed by atoms with van der Waals surface area (Å²) in [5, 5.41) is 10.8. The van der Waals surface area contributed by atoms with E-state index in [0.717, 1.165) is 42.2 Å². The molecule has 0 saturated carbocycles. The molecule has 1 aromatic rings. The van der Waals surface area contributed by atoms with Gasteiger partial charge in [0.05, 0.1) is 11.1 Å². The van der Waals surface area contributed by atoms with E-state index in [1.54, 1.807) is 4.90 Å². The number of carbonyl (C=O) groups is 1. The Hall–Kier alpha value is -2.18. The lowest BCUT2D eigenvalue weighted by Gasteiger charge is -2.39. The number of aromatic nitrogens is 1. The van der Waals surface area contributed by atoms with Gasteiger partial charge in [0.1, 0.15) is 6.54 Å². The smallest absolute Gasteiger partial charge is 0.285 e. The van der Waals surface area contributed by atoms with Gasteiger partial charge < -0.3 is 4.90 Å². The number of carbonyl (C=O) groups excluding carboxylic acids is 1. The Labute approximate surface area is 122 Å². The number of hydrogen-bond donors (Lipinski definition) is 0. The van der Waals surface area contributed by atoms with Gasteiger partial charge in [0.15, 0.2) is 0 Å². The van der Waals surface area contributed by atoms with Crippen molar-refractivity contribution in [2.75, 3.05) is 0 Å². The van der Waals surface area contributed by atoms with Gasteiger partial charge in [-0.25, -0.2) is 0 Å². The zero-order valence-corrected chi connectivity index (χ0v) is 12.2. The predicted molar refractivity (Wildman–Crippen MR) is 77.0 cm³/mol. The van der Waals surface area contributed by atoms with Crippen LogP contribution in [0.3, 0.4) is 0 Å². The molecule has 1 aromatic heterocycles. The number of likely N-dealkylation sites (tertiary alicyclic amines) is 1. The average molecular weight is 293 g/mol. The molecule has 1 saturated heterocycles. The fraction of sp³-hybridized carbons (Fsp3) is 0.571. The van der Waals surface area contributed by atoms with Gasteiger partial charge in [-0.3, -0.25) is 24.3 Å². The summed E-state index contributed by atoms with van der Waals surface area (Å²) in [4.78, 5) is 36.1. The van der Waals surface area contributed by atoms with Crippen LogP contribution in [0.2, 0.25) is 0 Å². The Balaban J connectivity index is 2.21. The van der Waals surface area contributed by atoms with E-state index in [1.807, 2.05) is 13.8 Å². The molecule has 7 heteroatoms. The molecule has 0 N–H and O–H groups in total. The molecule has 2 atom stereocenters. The van der Waals surface area contributed by atoms with Gasteiger partial charge in [0, 0.05) is 24.2 Å². The lowest BCUT2D eigenvalue weighted by molar-refractivity contribution is -0.385. The molecule has 0 spiro atoms. The number of amides is 1. The summed E-state index contributed by atoms with van der Waals surface area (Å²) in [7, 11) is 0. The Morgan fingerprint density at radius 3 is 2.52 bits per heavy atom. The summed E-state index contributed by atoms with van der Waals surface area (Å²) in [6.45, 7) is 3.82. The van der Waals surface area contributed by atoms with Crippen LogP contribution >= 0.6 is 0 Å². The molecule has 1 aliphatic rings. The Morgan fingerprint density at radius 1 is 1.33 bits per heavy atom. The van der Waals surface area contributed by atoms with Crippen molar-refractivity contribution in [3.63, 3.8) is 0 Å². The molecule has 0 aromatic carbocycles. The molecular weight excluding hydrogens is 274 g/mol. The summed E-state index contributed by atoms with van der Waals surface area (Å²) >= 11 is 0. The normalized spacial score (nSPS) is 22.1. The van der Waals surface area contributed by atoms with E-state index in [2.05, 4.69) is 0 Å². The van der Waals surface area contributed by atoms with E-state index in [4.69, 9.17) is 0 Å². The maximum absolute atomic E-state index is 12.4. The summed E-state index contributed by atoms with van der Waals surface area (Å²) in [6.07, 6.45) is 4.10. The van der Waals surface area contributed by atoms with Gasteiger partial charge in [-0.2, -0.15) is 0 Å². The molecule has 7 nitrogen and oxygen atoms in total. The zero-order chi connectivity index (χ0) is 15.6. The third-order valence-corrected chi connectivity index (χ3v) is 3.97. The first-order valence-corrected chi connectivity index (χ1v) is 7.06. The van der Waals surface area contributed by atoms with Crippen molar-refractivity contribution >= 4 is 11.6 Å². The maximum atomic E-state index is 12.4. The minimum absolute atomic E-state index is 0.135.